The lowest BCUT2D eigenvalue weighted by molar-refractivity contribution is -0.0254. The maximum Gasteiger partial charge on any atom is 0.188 e. The molecule has 1 aliphatic heterocycles. The average molecular weight is 288 g/mol. The molecular formula is C18H24O3. The lowest BCUT2D eigenvalue weighted by Crippen LogP contribution is -2.12. The van der Waals surface area contributed by atoms with E-state index in [9.17, 15) is 0 Å². The van der Waals surface area contributed by atoms with E-state index in [-0.39, 0.29) is 5.92 Å². The highest BCUT2D eigenvalue weighted by Crippen LogP contribution is 2.34. The van der Waals surface area contributed by atoms with Crippen molar-refractivity contribution in [3.05, 3.63) is 41.7 Å². The zero-order valence-corrected chi connectivity index (χ0v) is 12.7. The van der Waals surface area contributed by atoms with E-state index >= 15 is 0 Å². The SMILES string of the molecule is COc1ccc(C2C=C(C3CCCCC3)OCOC2)cc1. The first-order chi connectivity index (χ1) is 10.4. The van der Waals surface area contributed by atoms with Gasteiger partial charge in [0.1, 0.15) is 5.75 Å². The Morgan fingerprint density at radius 2 is 1.81 bits per heavy atom. The minimum atomic E-state index is 0.273. The summed E-state index contributed by atoms with van der Waals surface area (Å²) in [5, 5.41) is 0. The maximum absolute atomic E-state index is 5.85. The normalized spacial score (nSPS) is 23.9. The van der Waals surface area contributed by atoms with Crippen LogP contribution in [0.2, 0.25) is 0 Å². The lowest BCUT2D eigenvalue weighted by Gasteiger charge is -2.24. The summed E-state index contributed by atoms with van der Waals surface area (Å²) in [5.41, 5.74) is 1.26. The third kappa shape index (κ3) is 3.59. The van der Waals surface area contributed by atoms with Crippen molar-refractivity contribution >= 4 is 0 Å². The lowest BCUT2D eigenvalue weighted by atomic mass is 9.86. The molecule has 1 unspecified atom stereocenters. The molecule has 114 valence electrons. The van der Waals surface area contributed by atoms with Gasteiger partial charge in [0.05, 0.1) is 19.5 Å². The zero-order chi connectivity index (χ0) is 14.5. The maximum atomic E-state index is 5.85. The summed E-state index contributed by atoms with van der Waals surface area (Å²) >= 11 is 0. The molecule has 3 nitrogen and oxygen atoms in total. The summed E-state index contributed by atoms with van der Waals surface area (Å²) in [6, 6.07) is 8.25. The molecule has 1 aromatic rings. The van der Waals surface area contributed by atoms with Crippen LogP contribution in [0.25, 0.3) is 0 Å². The van der Waals surface area contributed by atoms with Crippen LogP contribution < -0.4 is 4.74 Å². The van der Waals surface area contributed by atoms with Gasteiger partial charge in [0, 0.05) is 11.8 Å². The Balaban J connectivity index is 1.78. The molecule has 1 aliphatic carbocycles. The van der Waals surface area contributed by atoms with E-state index in [2.05, 4.69) is 18.2 Å². The molecule has 1 heterocycles. The molecule has 0 radical (unpaired) electrons. The Bertz CT molecular complexity index is 472. The molecule has 1 atom stereocenters. The minimum absolute atomic E-state index is 0.273. The van der Waals surface area contributed by atoms with Crippen LogP contribution in [0.5, 0.6) is 5.75 Å². The largest absolute Gasteiger partial charge is 0.497 e. The average Bonchev–Trinajstić information content (AvgIpc) is 2.82. The smallest absolute Gasteiger partial charge is 0.188 e. The van der Waals surface area contributed by atoms with Crippen molar-refractivity contribution in [1.82, 2.24) is 0 Å². The fraction of sp³-hybridized carbons (Fsp3) is 0.556. The van der Waals surface area contributed by atoms with Crippen LogP contribution in [0.3, 0.4) is 0 Å². The fourth-order valence-corrected chi connectivity index (χ4v) is 3.26. The molecule has 0 spiro atoms. The van der Waals surface area contributed by atoms with Gasteiger partial charge >= 0.3 is 0 Å². The van der Waals surface area contributed by atoms with Gasteiger partial charge in [-0.2, -0.15) is 0 Å². The molecule has 0 bridgehead atoms. The predicted molar refractivity (Wildman–Crippen MR) is 82.3 cm³/mol. The van der Waals surface area contributed by atoms with Crippen molar-refractivity contribution in [3.8, 4) is 5.75 Å². The summed E-state index contributed by atoms with van der Waals surface area (Å²) < 4.78 is 16.7. The number of hydrogen-bond acceptors (Lipinski definition) is 3. The van der Waals surface area contributed by atoms with Crippen molar-refractivity contribution in [3.63, 3.8) is 0 Å². The van der Waals surface area contributed by atoms with E-state index in [1.807, 2.05) is 12.1 Å². The van der Waals surface area contributed by atoms with Crippen molar-refractivity contribution in [2.75, 3.05) is 20.5 Å². The van der Waals surface area contributed by atoms with E-state index in [1.54, 1.807) is 7.11 Å². The molecule has 1 fully saturated rings. The van der Waals surface area contributed by atoms with Crippen molar-refractivity contribution in [1.29, 1.82) is 0 Å². The van der Waals surface area contributed by atoms with Crippen LogP contribution in [0.1, 0.15) is 43.6 Å². The first kappa shape index (κ1) is 14.5. The quantitative estimate of drug-likeness (QED) is 0.832. The number of rotatable bonds is 3. The monoisotopic (exact) mass is 288 g/mol. The summed E-state index contributed by atoms with van der Waals surface area (Å²) in [5.74, 6) is 2.89. The Hall–Kier alpha value is -1.48. The third-order valence-corrected chi connectivity index (χ3v) is 4.52. The summed E-state index contributed by atoms with van der Waals surface area (Å²) in [4.78, 5) is 0. The van der Waals surface area contributed by atoms with Crippen LogP contribution in [-0.4, -0.2) is 20.5 Å². The molecule has 0 aromatic heterocycles. The first-order valence-electron chi connectivity index (χ1n) is 7.93. The van der Waals surface area contributed by atoms with Gasteiger partial charge in [-0.05, 0) is 36.6 Å². The topological polar surface area (TPSA) is 27.7 Å². The van der Waals surface area contributed by atoms with Gasteiger partial charge in [-0.15, -0.1) is 0 Å². The van der Waals surface area contributed by atoms with Crippen LogP contribution >= 0.6 is 0 Å². The highest BCUT2D eigenvalue weighted by atomic mass is 16.7. The molecule has 3 rings (SSSR count). The second kappa shape index (κ2) is 6.99. The number of methoxy groups -OCH3 is 1. The number of hydrogen-bond donors (Lipinski definition) is 0. The van der Waals surface area contributed by atoms with Crippen molar-refractivity contribution in [2.24, 2.45) is 5.92 Å². The summed E-state index contributed by atoms with van der Waals surface area (Å²) in [7, 11) is 1.69. The first-order valence-corrected chi connectivity index (χ1v) is 7.93. The van der Waals surface area contributed by atoms with Gasteiger partial charge in [-0.3, -0.25) is 0 Å². The molecule has 0 saturated heterocycles. The Kier molecular flexibility index (Phi) is 4.81. The minimum Gasteiger partial charge on any atom is -0.497 e. The number of allylic oxidation sites excluding steroid dienone is 1. The van der Waals surface area contributed by atoms with Gasteiger partial charge in [-0.25, -0.2) is 0 Å². The molecule has 1 saturated carbocycles. The second-order valence-corrected chi connectivity index (χ2v) is 5.92. The standard InChI is InChI=1S/C18H24O3/c1-19-17-9-7-14(8-10-17)16-11-18(21-13-20-12-16)15-5-3-2-4-6-15/h7-11,15-16H,2-6,12-13H2,1H3. The van der Waals surface area contributed by atoms with Crippen LogP contribution in [0.15, 0.2) is 36.1 Å². The molecule has 3 heteroatoms. The Morgan fingerprint density at radius 1 is 1.05 bits per heavy atom. The van der Waals surface area contributed by atoms with Crippen molar-refractivity contribution in [2.45, 2.75) is 38.0 Å². The Labute approximate surface area is 126 Å². The van der Waals surface area contributed by atoms with Gasteiger partial charge in [0.15, 0.2) is 6.79 Å². The fourth-order valence-electron chi connectivity index (χ4n) is 3.26. The Morgan fingerprint density at radius 3 is 2.52 bits per heavy atom. The van der Waals surface area contributed by atoms with E-state index in [0.717, 1.165) is 11.5 Å². The van der Waals surface area contributed by atoms with Crippen LogP contribution in [0.4, 0.5) is 0 Å². The van der Waals surface area contributed by atoms with Gasteiger partial charge < -0.3 is 14.2 Å². The highest BCUT2D eigenvalue weighted by Gasteiger charge is 2.23. The van der Waals surface area contributed by atoms with Crippen molar-refractivity contribution < 1.29 is 14.2 Å². The molecular weight excluding hydrogens is 264 g/mol. The summed E-state index contributed by atoms with van der Waals surface area (Å²) in [6.07, 6.45) is 8.79. The molecule has 1 aromatic carbocycles. The zero-order valence-electron chi connectivity index (χ0n) is 12.7. The molecule has 0 N–H and O–H groups in total. The predicted octanol–water partition coefficient (Wildman–Crippen LogP) is 4.25. The molecule has 21 heavy (non-hydrogen) atoms. The number of ether oxygens (including phenoxy) is 3. The second-order valence-electron chi connectivity index (χ2n) is 5.92. The summed E-state index contributed by atoms with van der Waals surface area (Å²) in [6.45, 7) is 1.07. The third-order valence-electron chi connectivity index (χ3n) is 4.52. The molecule has 2 aliphatic rings. The van der Waals surface area contributed by atoms with E-state index in [4.69, 9.17) is 14.2 Å². The van der Waals surface area contributed by atoms with Gasteiger partial charge in [-0.1, -0.05) is 31.4 Å². The van der Waals surface area contributed by atoms with E-state index < -0.39 is 0 Å². The van der Waals surface area contributed by atoms with E-state index in [0.29, 0.717) is 19.3 Å². The van der Waals surface area contributed by atoms with E-state index in [1.165, 1.54) is 37.7 Å². The number of benzene rings is 1. The van der Waals surface area contributed by atoms with Crippen LogP contribution in [-0.2, 0) is 9.47 Å². The van der Waals surface area contributed by atoms with Gasteiger partial charge in [0.25, 0.3) is 0 Å². The van der Waals surface area contributed by atoms with Gasteiger partial charge in [0.2, 0.25) is 0 Å². The molecule has 0 amide bonds. The highest BCUT2D eigenvalue weighted by molar-refractivity contribution is 5.32. The van der Waals surface area contributed by atoms with Crippen LogP contribution in [0, 0.1) is 5.92 Å².